The maximum atomic E-state index is 6.21. The quantitative estimate of drug-likeness (QED) is 0.513. The molecule has 0 saturated carbocycles. The molecule has 0 radical (unpaired) electrons. The first-order valence-electron chi connectivity index (χ1n) is 7.78. The van der Waals surface area contributed by atoms with Crippen LogP contribution in [0.25, 0.3) is 0 Å². The molecule has 0 aliphatic rings. The van der Waals surface area contributed by atoms with E-state index < -0.39 is 0 Å². The van der Waals surface area contributed by atoms with Gasteiger partial charge in [0.1, 0.15) is 18.1 Å². The van der Waals surface area contributed by atoms with E-state index in [0.717, 1.165) is 28.0 Å². The third kappa shape index (κ3) is 4.63. The maximum absolute atomic E-state index is 6.21. The summed E-state index contributed by atoms with van der Waals surface area (Å²) in [5.74, 6) is 2.96. The zero-order valence-electron chi connectivity index (χ0n) is 14.3. The molecule has 0 bridgehead atoms. The molecule has 0 atom stereocenters. The Labute approximate surface area is 166 Å². The molecule has 0 amide bonds. The van der Waals surface area contributed by atoms with Gasteiger partial charge in [-0.15, -0.1) is 10.2 Å². The van der Waals surface area contributed by atoms with Gasteiger partial charge in [-0.25, -0.2) is 0 Å². The minimum absolute atomic E-state index is 0.331. The summed E-state index contributed by atoms with van der Waals surface area (Å²) in [5, 5.41) is 10.5. The first-order valence-corrected chi connectivity index (χ1v) is 9.53. The van der Waals surface area contributed by atoms with Gasteiger partial charge in [0.2, 0.25) is 0 Å². The third-order valence-electron chi connectivity index (χ3n) is 3.72. The third-order valence-corrected chi connectivity index (χ3v) is 5.38. The van der Waals surface area contributed by atoms with Gasteiger partial charge in [-0.05, 0) is 42.0 Å². The molecule has 5 nitrogen and oxygen atoms in total. The highest BCUT2D eigenvalue weighted by Crippen LogP contribution is 2.28. The van der Waals surface area contributed by atoms with Crippen LogP contribution in [0, 0.1) is 0 Å². The van der Waals surface area contributed by atoms with E-state index in [9.17, 15) is 0 Å². The van der Waals surface area contributed by atoms with Crippen LogP contribution >= 0.6 is 35.0 Å². The van der Waals surface area contributed by atoms with Crippen LogP contribution < -0.4 is 9.47 Å². The molecule has 2 aromatic carbocycles. The van der Waals surface area contributed by atoms with Gasteiger partial charge in [-0.2, -0.15) is 0 Å². The van der Waals surface area contributed by atoms with Crippen molar-refractivity contribution in [1.29, 1.82) is 0 Å². The second kappa shape index (κ2) is 8.66. The number of nitrogens with zero attached hydrogens (tertiary/aromatic N) is 3. The molecule has 0 aliphatic carbocycles. The van der Waals surface area contributed by atoms with Crippen molar-refractivity contribution in [3.8, 4) is 11.5 Å². The molecule has 8 heteroatoms. The number of halogens is 2. The van der Waals surface area contributed by atoms with E-state index in [1.54, 1.807) is 24.9 Å². The summed E-state index contributed by atoms with van der Waals surface area (Å²) < 4.78 is 12.8. The molecule has 1 aromatic heterocycles. The Kier molecular flexibility index (Phi) is 6.29. The van der Waals surface area contributed by atoms with Gasteiger partial charge < -0.3 is 14.0 Å². The smallest absolute Gasteiger partial charge is 0.191 e. The van der Waals surface area contributed by atoms with Gasteiger partial charge in [0, 0.05) is 22.8 Å². The minimum Gasteiger partial charge on any atom is -0.497 e. The van der Waals surface area contributed by atoms with Crippen LogP contribution in [0.2, 0.25) is 10.0 Å². The highest BCUT2D eigenvalue weighted by Gasteiger charge is 2.11. The van der Waals surface area contributed by atoms with Crippen LogP contribution in [0.15, 0.2) is 47.6 Å². The summed E-state index contributed by atoms with van der Waals surface area (Å²) >= 11 is 13.7. The van der Waals surface area contributed by atoms with Gasteiger partial charge in [-0.1, -0.05) is 41.0 Å². The van der Waals surface area contributed by atoms with Gasteiger partial charge in [0.15, 0.2) is 11.0 Å². The lowest BCUT2D eigenvalue weighted by Crippen LogP contribution is -2.04. The van der Waals surface area contributed by atoms with E-state index in [4.69, 9.17) is 32.7 Å². The average molecular weight is 410 g/mol. The van der Waals surface area contributed by atoms with E-state index in [1.165, 1.54) is 0 Å². The van der Waals surface area contributed by atoms with Crippen molar-refractivity contribution in [2.75, 3.05) is 7.11 Å². The molecule has 3 aromatic rings. The van der Waals surface area contributed by atoms with Crippen LogP contribution in [-0.2, 0) is 19.4 Å². The summed E-state index contributed by atoms with van der Waals surface area (Å²) in [6.45, 7) is 0.331. The SMILES string of the molecule is COc1ccc(OCc2nnc(SCc3ccc(Cl)cc3Cl)n2C)cc1. The highest BCUT2D eigenvalue weighted by atomic mass is 35.5. The van der Waals surface area contributed by atoms with Crippen molar-refractivity contribution in [2.45, 2.75) is 17.5 Å². The monoisotopic (exact) mass is 409 g/mol. The summed E-state index contributed by atoms with van der Waals surface area (Å²) in [5.41, 5.74) is 1.00. The van der Waals surface area contributed by atoms with Crippen molar-refractivity contribution in [3.63, 3.8) is 0 Å². The molecule has 0 fully saturated rings. The van der Waals surface area contributed by atoms with Crippen molar-refractivity contribution in [1.82, 2.24) is 14.8 Å². The maximum Gasteiger partial charge on any atom is 0.191 e. The second-order valence-electron chi connectivity index (χ2n) is 5.45. The number of methoxy groups -OCH3 is 1. The van der Waals surface area contributed by atoms with Crippen molar-refractivity contribution >= 4 is 35.0 Å². The normalized spacial score (nSPS) is 10.8. The first-order chi connectivity index (χ1) is 12.6. The lowest BCUT2D eigenvalue weighted by atomic mass is 10.2. The molecule has 0 saturated heterocycles. The molecular weight excluding hydrogens is 393 g/mol. The van der Waals surface area contributed by atoms with E-state index in [1.807, 2.05) is 48.0 Å². The van der Waals surface area contributed by atoms with E-state index in [2.05, 4.69) is 10.2 Å². The van der Waals surface area contributed by atoms with E-state index in [-0.39, 0.29) is 0 Å². The van der Waals surface area contributed by atoms with Crippen molar-refractivity contribution < 1.29 is 9.47 Å². The van der Waals surface area contributed by atoms with Gasteiger partial charge in [0.25, 0.3) is 0 Å². The number of rotatable bonds is 7. The Hall–Kier alpha value is -1.89. The number of aromatic nitrogens is 3. The second-order valence-corrected chi connectivity index (χ2v) is 7.23. The predicted octanol–water partition coefficient (Wildman–Crippen LogP) is 5.00. The molecular formula is C18H17Cl2N3O2S. The Bertz CT molecular complexity index is 885. The largest absolute Gasteiger partial charge is 0.497 e. The highest BCUT2D eigenvalue weighted by molar-refractivity contribution is 7.98. The van der Waals surface area contributed by atoms with E-state index >= 15 is 0 Å². The Balaban J connectivity index is 1.60. The number of thioether (sulfide) groups is 1. The molecule has 26 heavy (non-hydrogen) atoms. The fraction of sp³-hybridized carbons (Fsp3) is 0.222. The van der Waals surface area contributed by atoms with Crippen LogP contribution in [0.3, 0.4) is 0 Å². The summed E-state index contributed by atoms with van der Waals surface area (Å²) in [6, 6.07) is 12.9. The molecule has 1 heterocycles. The molecule has 0 spiro atoms. The Morgan fingerprint density at radius 2 is 1.77 bits per heavy atom. The fourth-order valence-electron chi connectivity index (χ4n) is 2.20. The average Bonchev–Trinajstić information content (AvgIpc) is 2.99. The van der Waals surface area contributed by atoms with Gasteiger partial charge >= 0.3 is 0 Å². The molecule has 0 unspecified atom stereocenters. The first kappa shape index (κ1) is 18.9. The Morgan fingerprint density at radius 3 is 2.46 bits per heavy atom. The zero-order chi connectivity index (χ0) is 18.5. The number of benzene rings is 2. The Morgan fingerprint density at radius 1 is 1.04 bits per heavy atom. The predicted molar refractivity (Wildman–Crippen MR) is 104 cm³/mol. The summed E-state index contributed by atoms with van der Waals surface area (Å²) in [4.78, 5) is 0. The standard InChI is InChI=1S/C18H17Cl2N3O2S/c1-23-17(10-25-15-7-5-14(24-2)6-8-15)21-22-18(23)26-11-12-3-4-13(19)9-16(12)20/h3-9H,10-11H2,1-2H3. The molecule has 0 N–H and O–H groups in total. The van der Waals surface area contributed by atoms with Crippen LogP contribution in [0.1, 0.15) is 11.4 Å². The van der Waals surface area contributed by atoms with Crippen molar-refractivity contribution in [3.05, 3.63) is 63.9 Å². The van der Waals surface area contributed by atoms with Crippen molar-refractivity contribution in [2.24, 2.45) is 7.05 Å². The topological polar surface area (TPSA) is 49.2 Å². The van der Waals surface area contributed by atoms with Crippen LogP contribution in [-0.4, -0.2) is 21.9 Å². The lowest BCUT2D eigenvalue weighted by molar-refractivity contribution is 0.290. The number of ether oxygens (including phenoxy) is 2. The molecule has 136 valence electrons. The number of hydrogen-bond acceptors (Lipinski definition) is 5. The van der Waals surface area contributed by atoms with E-state index in [0.29, 0.717) is 22.4 Å². The zero-order valence-corrected chi connectivity index (χ0v) is 16.6. The van der Waals surface area contributed by atoms with Crippen LogP contribution in [0.5, 0.6) is 11.5 Å². The fourth-order valence-corrected chi connectivity index (χ4v) is 3.69. The van der Waals surface area contributed by atoms with Gasteiger partial charge in [0.05, 0.1) is 7.11 Å². The summed E-state index contributed by atoms with van der Waals surface area (Å²) in [7, 11) is 3.55. The molecule has 3 rings (SSSR count). The summed E-state index contributed by atoms with van der Waals surface area (Å²) in [6.07, 6.45) is 0. The number of hydrogen-bond donors (Lipinski definition) is 0. The van der Waals surface area contributed by atoms with Gasteiger partial charge in [-0.3, -0.25) is 0 Å². The lowest BCUT2D eigenvalue weighted by Gasteiger charge is -2.08. The molecule has 0 aliphatic heterocycles. The van der Waals surface area contributed by atoms with Crippen LogP contribution in [0.4, 0.5) is 0 Å². The minimum atomic E-state index is 0.331.